The molecule has 0 radical (unpaired) electrons. The average Bonchev–Trinajstić information content (AvgIpc) is 2.89. The summed E-state index contributed by atoms with van der Waals surface area (Å²) in [5.41, 5.74) is 2.71. The minimum atomic E-state index is -0.654. The van der Waals surface area contributed by atoms with Gasteiger partial charge in [-0.3, -0.25) is 9.59 Å². The molecule has 4 nitrogen and oxygen atoms in total. The fraction of sp³-hybridized carbons (Fsp3) is 0.333. The summed E-state index contributed by atoms with van der Waals surface area (Å²) in [6, 6.07) is 22.4. The maximum absolute atomic E-state index is 13.9. The van der Waals surface area contributed by atoms with Crippen molar-refractivity contribution in [1.82, 2.24) is 10.2 Å². The molecule has 0 heterocycles. The molecule has 1 saturated carbocycles. The van der Waals surface area contributed by atoms with E-state index in [2.05, 4.69) is 21.2 Å². The van der Waals surface area contributed by atoms with Gasteiger partial charge in [0.15, 0.2) is 0 Å². The quantitative estimate of drug-likeness (QED) is 0.278. The summed E-state index contributed by atoms with van der Waals surface area (Å²) in [6.07, 6.45) is 5.95. The number of halogens is 3. The number of carbonyl (C=O) groups excluding carboxylic acids is 2. The Balaban J connectivity index is 1.66. The van der Waals surface area contributed by atoms with E-state index >= 15 is 0 Å². The normalized spacial score (nSPS) is 14.7. The number of carbonyl (C=O) groups is 2. The fourth-order valence-electron chi connectivity index (χ4n) is 4.86. The van der Waals surface area contributed by atoms with Crippen LogP contribution in [0.5, 0.6) is 0 Å². The lowest BCUT2D eigenvalue weighted by Crippen LogP contribution is -2.53. The molecule has 4 rings (SSSR count). The molecule has 0 aliphatic heterocycles. The molecule has 1 unspecified atom stereocenters. The van der Waals surface area contributed by atoms with Gasteiger partial charge >= 0.3 is 0 Å². The molecule has 0 aromatic heterocycles. The van der Waals surface area contributed by atoms with Gasteiger partial charge in [-0.15, -0.1) is 0 Å². The lowest BCUT2D eigenvalue weighted by atomic mass is 9.94. The lowest BCUT2D eigenvalue weighted by Gasteiger charge is -2.33. The van der Waals surface area contributed by atoms with E-state index in [9.17, 15) is 9.59 Å². The molecule has 3 aromatic rings. The van der Waals surface area contributed by atoms with Crippen molar-refractivity contribution < 1.29 is 9.59 Å². The minimum absolute atomic E-state index is 0.103. The van der Waals surface area contributed by atoms with Gasteiger partial charge in [-0.05, 0) is 53.8 Å². The first kappa shape index (κ1) is 27.7. The number of nitrogens with one attached hydrogen (secondary N) is 1. The molecule has 2 amide bonds. The molecule has 1 atom stereocenters. The zero-order chi connectivity index (χ0) is 26.2. The van der Waals surface area contributed by atoms with Gasteiger partial charge in [0.05, 0.1) is 16.5 Å². The van der Waals surface area contributed by atoms with Crippen LogP contribution in [0.25, 0.3) is 0 Å². The maximum Gasteiger partial charge on any atom is 0.243 e. The van der Waals surface area contributed by atoms with Gasteiger partial charge in [0.25, 0.3) is 0 Å². The van der Waals surface area contributed by atoms with Crippen LogP contribution >= 0.6 is 39.1 Å². The summed E-state index contributed by atoms with van der Waals surface area (Å²) in [4.78, 5) is 29.4. The van der Waals surface area contributed by atoms with Crippen molar-refractivity contribution in [2.75, 3.05) is 0 Å². The Labute approximate surface area is 237 Å². The number of nitrogens with zero attached hydrogens (tertiary/aromatic N) is 1. The molecule has 0 saturated heterocycles. The van der Waals surface area contributed by atoms with Crippen LogP contribution < -0.4 is 5.32 Å². The molecule has 7 heteroatoms. The topological polar surface area (TPSA) is 49.4 Å². The third kappa shape index (κ3) is 8.07. The van der Waals surface area contributed by atoms with E-state index in [1.165, 1.54) is 6.42 Å². The third-order valence-corrected chi connectivity index (χ3v) is 8.04. The molecule has 0 bridgehead atoms. The van der Waals surface area contributed by atoms with E-state index < -0.39 is 6.04 Å². The Kier molecular flexibility index (Phi) is 10.1. The van der Waals surface area contributed by atoms with Gasteiger partial charge in [-0.25, -0.2) is 0 Å². The summed E-state index contributed by atoms with van der Waals surface area (Å²) in [7, 11) is 0. The Bertz CT molecular complexity index is 1220. The van der Waals surface area contributed by atoms with Crippen molar-refractivity contribution in [3.8, 4) is 0 Å². The SMILES string of the molecule is O=C(NC1CCCCC1)C(Cc1ccccc1)N(Cc1cccc(Br)c1)C(=O)Cc1ccc(Cl)c(Cl)c1. The Morgan fingerprint density at radius 1 is 0.865 bits per heavy atom. The van der Waals surface area contributed by atoms with Crippen molar-refractivity contribution in [3.05, 3.63) is 104 Å². The number of hydrogen-bond donors (Lipinski definition) is 1. The van der Waals surface area contributed by atoms with Crippen molar-refractivity contribution in [3.63, 3.8) is 0 Å². The van der Waals surface area contributed by atoms with E-state index in [-0.39, 0.29) is 24.3 Å². The molecule has 1 aliphatic carbocycles. The summed E-state index contributed by atoms with van der Waals surface area (Å²) >= 11 is 15.9. The van der Waals surface area contributed by atoms with Crippen molar-refractivity contribution >= 4 is 50.9 Å². The summed E-state index contributed by atoms with van der Waals surface area (Å²) in [6.45, 7) is 0.315. The molecular formula is C30H31BrCl2N2O2. The zero-order valence-electron chi connectivity index (χ0n) is 20.6. The van der Waals surface area contributed by atoms with Crippen LogP contribution in [0.3, 0.4) is 0 Å². The van der Waals surface area contributed by atoms with Gasteiger partial charge in [-0.1, -0.05) is 107 Å². The van der Waals surface area contributed by atoms with Crippen LogP contribution in [-0.2, 0) is 29.0 Å². The van der Waals surface area contributed by atoms with Gasteiger partial charge in [0, 0.05) is 23.5 Å². The van der Waals surface area contributed by atoms with Crippen LogP contribution in [-0.4, -0.2) is 28.8 Å². The second kappa shape index (κ2) is 13.5. The molecule has 1 N–H and O–H groups in total. The smallest absolute Gasteiger partial charge is 0.243 e. The maximum atomic E-state index is 13.9. The highest BCUT2D eigenvalue weighted by atomic mass is 79.9. The number of amides is 2. The van der Waals surface area contributed by atoms with E-state index in [1.807, 2.05) is 54.6 Å². The average molecular weight is 602 g/mol. The van der Waals surface area contributed by atoms with Crippen LogP contribution in [0, 0.1) is 0 Å². The Hall–Kier alpha value is -2.34. The minimum Gasteiger partial charge on any atom is -0.352 e. The van der Waals surface area contributed by atoms with Crippen molar-refractivity contribution in [2.24, 2.45) is 0 Å². The zero-order valence-corrected chi connectivity index (χ0v) is 23.7. The van der Waals surface area contributed by atoms with Gasteiger partial charge in [0.2, 0.25) is 11.8 Å². The molecule has 1 aliphatic rings. The van der Waals surface area contributed by atoms with Crippen molar-refractivity contribution in [2.45, 2.75) is 63.6 Å². The largest absolute Gasteiger partial charge is 0.352 e. The van der Waals surface area contributed by atoms with Gasteiger partial charge < -0.3 is 10.2 Å². The Morgan fingerprint density at radius 2 is 1.59 bits per heavy atom. The molecule has 1 fully saturated rings. The van der Waals surface area contributed by atoms with E-state index in [0.29, 0.717) is 23.0 Å². The van der Waals surface area contributed by atoms with Crippen molar-refractivity contribution in [1.29, 1.82) is 0 Å². The van der Waals surface area contributed by atoms with Crippen LogP contribution in [0.2, 0.25) is 10.0 Å². The standard InChI is InChI=1S/C30H31BrCl2N2O2/c31-24-11-7-10-23(16-24)20-35(29(36)19-22-14-15-26(32)27(33)17-22)28(18-21-8-3-1-4-9-21)30(37)34-25-12-5-2-6-13-25/h1,3-4,7-11,14-17,25,28H,2,5-6,12-13,18-20H2,(H,34,37). The monoisotopic (exact) mass is 600 g/mol. The summed E-state index contributed by atoms with van der Waals surface area (Å²) in [5, 5.41) is 4.12. The van der Waals surface area contributed by atoms with Gasteiger partial charge in [0.1, 0.15) is 6.04 Å². The first-order valence-corrected chi connectivity index (χ1v) is 14.3. The highest BCUT2D eigenvalue weighted by Gasteiger charge is 2.32. The van der Waals surface area contributed by atoms with Crippen LogP contribution in [0.1, 0.15) is 48.8 Å². The predicted octanol–water partition coefficient (Wildman–Crippen LogP) is 7.39. The lowest BCUT2D eigenvalue weighted by molar-refractivity contribution is -0.141. The number of benzene rings is 3. The van der Waals surface area contributed by atoms with Crippen LogP contribution in [0.15, 0.2) is 77.3 Å². The van der Waals surface area contributed by atoms with E-state index in [0.717, 1.165) is 46.8 Å². The molecule has 37 heavy (non-hydrogen) atoms. The van der Waals surface area contributed by atoms with E-state index in [1.54, 1.807) is 23.1 Å². The Morgan fingerprint density at radius 3 is 2.30 bits per heavy atom. The summed E-state index contributed by atoms with van der Waals surface area (Å²) < 4.78 is 0.924. The summed E-state index contributed by atoms with van der Waals surface area (Å²) in [5.74, 6) is -0.244. The predicted molar refractivity (Wildman–Crippen MR) is 154 cm³/mol. The first-order chi connectivity index (χ1) is 17.9. The number of hydrogen-bond acceptors (Lipinski definition) is 2. The molecule has 194 valence electrons. The molecule has 0 spiro atoms. The molecule has 3 aromatic carbocycles. The highest BCUT2D eigenvalue weighted by molar-refractivity contribution is 9.10. The fourth-order valence-corrected chi connectivity index (χ4v) is 5.62. The van der Waals surface area contributed by atoms with E-state index in [4.69, 9.17) is 23.2 Å². The first-order valence-electron chi connectivity index (χ1n) is 12.7. The second-order valence-corrected chi connectivity index (χ2v) is 11.4. The highest BCUT2D eigenvalue weighted by Crippen LogP contribution is 2.25. The van der Waals surface area contributed by atoms with Crippen LogP contribution in [0.4, 0.5) is 0 Å². The molecular weight excluding hydrogens is 571 g/mol. The number of rotatable bonds is 9. The van der Waals surface area contributed by atoms with Gasteiger partial charge in [-0.2, -0.15) is 0 Å². The third-order valence-electron chi connectivity index (χ3n) is 6.80. The second-order valence-electron chi connectivity index (χ2n) is 9.63.